The van der Waals surface area contributed by atoms with Gasteiger partial charge in [-0.15, -0.1) is 0 Å². The molecule has 1 fully saturated rings. The number of hydrogen-bond acceptors (Lipinski definition) is 3. The molecule has 2 rings (SSSR count). The first-order valence-corrected chi connectivity index (χ1v) is 5.32. The number of rotatable bonds is 1. The van der Waals surface area contributed by atoms with Gasteiger partial charge >= 0.3 is 5.97 Å². The minimum Gasteiger partial charge on any atom is -0.459 e. The molecule has 0 amide bonds. The van der Waals surface area contributed by atoms with E-state index >= 15 is 0 Å². The van der Waals surface area contributed by atoms with Crippen LogP contribution < -0.4 is 0 Å². The Kier molecular flexibility index (Phi) is 2.87. The van der Waals surface area contributed by atoms with Crippen LogP contribution in [0, 0.1) is 5.92 Å². The molecule has 1 unspecified atom stereocenters. The van der Waals surface area contributed by atoms with Gasteiger partial charge in [-0.2, -0.15) is 0 Å². The van der Waals surface area contributed by atoms with Crippen LogP contribution in [0.4, 0.5) is 0 Å². The van der Waals surface area contributed by atoms with Gasteiger partial charge in [-0.1, -0.05) is 19.3 Å². The number of aliphatic hydroxyl groups is 1. The van der Waals surface area contributed by atoms with E-state index in [1.165, 1.54) is 32.1 Å². The summed E-state index contributed by atoms with van der Waals surface area (Å²) in [6.45, 7) is 0.389. The minimum absolute atomic E-state index is 0.389. The van der Waals surface area contributed by atoms with Gasteiger partial charge in [-0.3, -0.25) is 0 Å². The van der Waals surface area contributed by atoms with Crippen molar-refractivity contribution in [2.45, 2.75) is 38.2 Å². The zero-order valence-corrected chi connectivity index (χ0v) is 8.24. The van der Waals surface area contributed by atoms with Crippen LogP contribution in [-0.2, 0) is 9.53 Å². The van der Waals surface area contributed by atoms with Gasteiger partial charge in [0.1, 0.15) is 6.61 Å². The van der Waals surface area contributed by atoms with Crippen LogP contribution in [0.1, 0.15) is 32.1 Å². The molecule has 1 aliphatic heterocycles. The molecule has 0 aromatic carbocycles. The number of aliphatic hydroxyl groups excluding tert-OH is 1. The topological polar surface area (TPSA) is 46.5 Å². The summed E-state index contributed by atoms with van der Waals surface area (Å²) in [5.41, 5.74) is 1.12. The first-order valence-electron chi connectivity index (χ1n) is 5.32. The Balaban J connectivity index is 2.02. The molecule has 0 spiro atoms. The molecule has 78 valence electrons. The van der Waals surface area contributed by atoms with Gasteiger partial charge < -0.3 is 9.84 Å². The van der Waals surface area contributed by atoms with Crippen molar-refractivity contribution in [1.82, 2.24) is 0 Å². The van der Waals surface area contributed by atoms with Crippen molar-refractivity contribution in [3.63, 3.8) is 0 Å². The highest BCUT2D eigenvalue weighted by atomic mass is 16.5. The van der Waals surface area contributed by atoms with Crippen LogP contribution in [0.5, 0.6) is 0 Å². The van der Waals surface area contributed by atoms with Gasteiger partial charge in [0.25, 0.3) is 0 Å². The molecule has 2 aliphatic rings. The van der Waals surface area contributed by atoms with E-state index in [2.05, 4.69) is 0 Å². The van der Waals surface area contributed by atoms with Crippen molar-refractivity contribution < 1.29 is 14.6 Å². The SMILES string of the molecule is O=C1OCC(C2CCCCC2)=CC1O. The van der Waals surface area contributed by atoms with E-state index in [-0.39, 0.29) is 0 Å². The molecule has 0 bridgehead atoms. The Hall–Kier alpha value is -0.830. The fourth-order valence-electron chi connectivity index (χ4n) is 2.29. The molecule has 1 N–H and O–H groups in total. The molecule has 0 saturated heterocycles. The maximum atomic E-state index is 10.9. The molecule has 3 heteroatoms. The van der Waals surface area contributed by atoms with Crippen LogP contribution in [0.2, 0.25) is 0 Å². The predicted octanol–water partition coefficient (Wildman–Crippen LogP) is 1.41. The third kappa shape index (κ3) is 1.98. The number of hydrogen-bond donors (Lipinski definition) is 1. The van der Waals surface area contributed by atoms with E-state index in [4.69, 9.17) is 4.74 Å². The summed E-state index contributed by atoms with van der Waals surface area (Å²) >= 11 is 0. The highest BCUT2D eigenvalue weighted by Crippen LogP contribution is 2.31. The normalized spacial score (nSPS) is 29.6. The highest BCUT2D eigenvalue weighted by Gasteiger charge is 2.26. The smallest absolute Gasteiger partial charge is 0.339 e. The van der Waals surface area contributed by atoms with Gasteiger partial charge in [0, 0.05) is 0 Å². The second-order valence-electron chi connectivity index (χ2n) is 4.13. The lowest BCUT2D eigenvalue weighted by molar-refractivity contribution is -0.151. The van der Waals surface area contributed by atoms with E-state index in [1.807, 2.05) is 0 Å². The largest absolute Gasteiger partial charge is 0.459 e. The number of cyclic esters (lactones) is 1. The third-order valence-corrected chi connectivity index (χ3v) is 3.12. The van der Waals surface area contributed by atoms with E-state index in [0.29, 0.717) is 12.5 Å². The zero-order chi connectivity index (χ0) is 9.97. The van der Waals surface area contributed by atoms with Gasteiger partial charge in [0.05, 0.1) is 0 Å². The van der Waals surface area contributed by atoms with Gasteiger partial charge in [0.15, 0.2) is 6.10 Å². The van der Waals surface area contributed by atoms with Crippen LogP contribution >= 0.6 is 0 Å². The standard InChI is InChI=1S/C11H16O3/c12-10-6-9(7-14-11(10)13)8-4-2-1-3-5-8/h6,8,10,12H,1-5,7H2. The summed E-state index contributed by atoms with van der Waals surface area (Å²) in [4.78, 5) is 10.9. The molecule has 3 nitrogen and oxygen atoms in total. The lowest BCUT2D eigenvalue weighted by Gasteiger charge is -2.27. The fourth-order valence-corrected chi connectivity index (χ4v) is 2.29. The van der Waals surface area contributed by atoms with Crippen molar-refractivity contribution in [2.24, 2.45) is 5.92 Å². The molecular formula is C11H16O3. The lowest BCUT2D eigenvalue weighted by atomic mass is 9.83. The van der Waals surface area contributed by atoms with Crippen molar-refractivity contribution in [1.29, 1.82) is 0 Å². The molecule has 0 aromatic rings. The molecule has 0 aromatic heterocycles. The highest BCUT2D eigenvalue weighted by molar-refractivity contribution is 5.78. The Morgan fingerprint density at radius 2 is 2.00 bits per heavy atom. The summed E-state index contributed by atoms with van der Waals surface area (Å²) in [5, 5.41) is 9.33. The van der Waals surface area contributed by atoms with Gasteiger partial charge in [-0.05, 0) is 30.4 Å². The minimum atomic E-state index is -1.03. The van der Waals surface area contributed by atoms with Crippen molar-refractivity contribution in [2.75, 3.05) is 6.61 Å². The Morgan fingerprint density at radius 1 is 1.29 bits per heavy atom. The maximum Gasteiger partial charge on any atom is 0.339 e. The predicted molar refractivity (Wildman–Crippen MR) is 51.6 cm³/mol. The first kappa shape index (κ1) is 9.71. The van der Waals surface area contributed by atoms with Crippen LogP contribution in [0.3, 0.4) is 0 Å². The number of esters is 1. The number of ether oxygens (including phenoxy) is 1. The Morgan fingerprint density at radius 3 is 2.64 bits per heavy atom. The Labute approximate surface area is 83.8 Å². The second kappa shape index (κ2) is 4.13. The molecule has 14 heavy (non-hydrogen) atoms. The van der Waals surface area contributed by atoms with Gasteiger partial charge in [0.2, 0.25) is 0 Å². The van der Waals surface area contributed by atoms with E-state index in [0.717, 1.165) is 5.57 Å². The van der Waals surface area contributed by atoms with Crippen molar-refractivity contribution >= 4 is 5.97 Å². The molecule has 1 heterocycles. The van der Waals surface area contributed by atoms with E-state index < -0.39 is 12.1 Å². The summed E-state index contributed by atoms with van der Waals surface area (Å²) in [6.07, 6.45) is 6.83. The summed E-state index contributed by atoms with van der Waals surface area (Å²) < 4.78 is 4.90. The lowest BCUT2D eigenvalue weighted by Crippen LogP contribution is -2.29. The monoisotopic (exact) mass is 196 g/mol. The number of carbonyl (C=O) groups excluding carboxylic acids is 1. The molecule has 0 radical (unpaired) electrons. The molecule has 1 aliphatic carbocycles. The molecule has 1 atom stereocenters. The fraction of sp³-hybridized carbons (Fsp3) is 0.727. The van der Waals surface area contributed by atoms with Gasteiger partial charge in [-0.25, -0.2) is 4.79 Å². The third-order valence-electron chi connectivity index (χ3n) is 3.12. The Bertz CT molecular complexity index is 251. The van der Waals surface area contributed by atoms with Crippen LogP contribution in [-0.4, -0.2) is 23.8 Å². The van der Waals surface area contributed by atoms with E-state index in [9.17, 15) is 9.90 Å². The molecule has 1 saturated carbocycles. The summed E-state index contributed by atoms with van der Waals surface area (Å²) in [5.74, 6) is 0.0241. The average Bonchev–Trinajstić information content (AvgIpc) is 2.23. The summed E-state index contributed by atoms with van der Waals surface area (Å²) in [7, 11) is 0. The first-order chi connectivity index (χ1) is 6.77. The van der Waals surface area contributed by atoms with Crippen molar-refractivity contribution in [3.8, 4) is 0 Å². The number of carbonyl (C=O) groups is 1. The zero-order valence-electron chi connectivity index (χ0n) is 8.24. The maximum absolute atomic E-state index is 10.9. The quantitative estimate of drug-likeness (QED) is 0.509. The second-order valence-corrected chi connectivity index (χ2v) is 4.13. The van der Waals surface area contributed by atoms with Crippen LogP contribution in [0.25, 0.3) is 0 Å². The average molecular weight is 196 g/mol. The molecular weight excluding hydrogens is 180 g/mol. The summed E-state index contributed by atoms with van der Waals surface area (Å²) in [6, 6.07) is 0. The van der Waals surface area contributed by atoms with Crippen LogP contribution in [0.15, 0.2) is 11.6 Å². The van der Waals surface area contributed by atoms with Crippen molar-refractivity contribution in [3.05, 3.63) is 11.6 Å². The van der Waals surface area contributed by atoms with E-state index in [1.54, 1.807) is 6.08 Å².